The fraction of sp³-hybridized carbons (Fsp3) is 0.450. The summed E-state index contributed by atoms with van der Waals surface area (Å²) < 4.78 is 0. The van der Waals surface area contributed by atoms with Crippen molar-refractivity contribution in [2.24, 2.45) is 11.1 Å². The van der Waals surface area contributed by atoms with Gasteiger partial charge in [0.1, 0.15) is 16.9 Å². The summed E-state index contributed by atoms with van der Waals surface area (Å²) in [5.74, 6) is 0.750. The number of hydrogen-bond donors (Lipinski definition) is 1. The minimum absolute atomic E-state index is 0.293. The third kappa shape index (κ3) is 3.69. The number of nitrogens with zero attached hydrogens (tertiary/aromatic N) is 4. The third-order valence-corrected chi connectivity index (χ3v) is 8.00. The highest BCUT2D eigenvalue weighted by atomic mass is 35.5. The minimum atomic E-state index is 0.293. The van der Waals surface area contributed by atoms with Gasteiger partial charge in [0.05, 0.1) is 16.2 Å². The Morgan fingerprint density at radius 3 is 2.71 bits per heavy atom. The van der Waals surface area contributed by atoms with Gasteiger partial charge in [-0.25, -0.2) is 9.97 Å². The number of rotatable bonds is 3. The zero-order valence-electron chi connectivity index (χ0n) is 15.4. The Morgan fingerprint density at radius 2 is 2.04 bits per heavy atom. The summed E-state index contributed by atoms with van der Waals surface area (Å²) in [6.45, 7) is 1.81. The summed E-state index contributed by atoms with van der Waals surface area (Å²) in [4.78, 5) is 12.0. The van der Waals surface area contributed by atoms with Crippen LogP contribution in [0.25, 0.3) is 0 Å². The zero-order chi connectivity index (χ0) is 19.7. The lowest BCUT2D eigenvalue weighted by Crippen LogP contribution is -2.47. The highest BCUT2D eigenvalue weighted by Gasteiger charge is 2.43. The molecule has 4 rings (SSSR count). The molecule has 1 atom stereocenters. The quantitative estimate of drug-likeness (QED) is 0.740. The highest BCUT2D eigenvalue weighted by Crippen LogP contribution is 2.46. The molecular formula is C20H21Cl2N5S. The summed E-state index contributed by atoms with van der Waals surface area (Å²) in [5, 5.41) is 11.0. The van der Waals surface area contributed by atoms with Gasteiger partial charge in [0.2, 0.25) is 0 Å². The molecule has 5 nitrogen and oxygen atoms in total. The van der Waals surface area contributed by atoms with E-state index in [1.807, 2.05) is 12.1 Å². The van der Waals surface area contributed by atoms with Crippen molar-refractivity contribution in [3.05, 3.63) is 40.1 Å². The first-order chi connectivity index (χ1) is 13.5. The van der Waals surface area contributed by atoms with Gasteiger partial charge < -0.3 is 10.6 Å². The first kappa shape index (κ1) is 19.8. The van der Waals surface area contributed by atoms with Gasteiger partial charge in [0, 0.05) is 24.0 Å². The van der Waals surface area contributed by atoms with Crippen LogP contribution in [0.4, 0.5) is 5.82 Å². The van der Waals surface area contributed by atoms with Crippen molar-refractivity contribution in [2.75, 3.05) is 18.0 Å². The average Bonchev–Trinajstić information content (AvgIpc) is 3.06. The third-order valence-electron chi connectivity index (χ3n) is 6.01. The van der Waals surface area contributed by atoms with E-state index in [0.717, 1.165) is 43.1 Å². The van der Waals surface area contributed by atoms with Crippen LogP contribution < -0.4 is 10.6 Å². The topological polar surface area (TPSA) is 78.8 Å². The molecule has 1 unspecified atom stereocenters. The number of nitriles is 1. The molecule has 2 N–H and O–H groups in total. The molecule has 1 aromatic carbocycles. The second-order valence-corrected chi connectivity index (χ2v) is 9.31. The summed E-state index contributed by atoms with van der Waals surface area (Å²) in [7, 11) is 0. The van der Waals surface area contributed by atoms with Crippen LogP contribution in [-0.2, 0) is 0 Å². The van der Waals surface area contributed by atoms with E-state index in [-0.39, 0.29) is 0 Å². The van der Waals surface area contributed by atoms with Crippen LogP contribution in [0.3, 0.4) is 0 Å². The molecule has 8 heteroatoms. The van der Waals surface area contributed by atoms with Crippen molar-refractivity contribution >= 4 is 40.8 Å². The number of nitrogens with two attached hydrogens (primary N) is 1. The van der Waals surface area contributed by atoms with Gasteiger partial charge in [-0.15, -0.1) is 0 Å². The Balaban J connectivity index is 1.52. The Labute approximate surface area is 179 Å². The first-order valence-electron chi connectivity index (χ1n) is 9.42. The number of anilines is 1. The van der Waals surface area contributed by atoms with Gasteiger partial charge >= 0.3 is 0 Å². The second-order valence-electron chi connectivity index (χ2n) is 7.50. The van der Waals surface area contributed by atoms with Crippen LogP contribution in [-0.4, -0.2) is 29.1 Å². The summed E-state index contributed by atoms with van der Waals surface area (Å²) in [5.41, 5.74) is 6.97. The van der Waals surface area contributed by atoms with E-state index >= 15 is 0 Å². The number of hydrogen-bond acceptors (Lipinski definition) is 6. The van der Waals surface area contributed by atoms with Gasteiger partial charge in [-0.2, -0.15) is 5.26 Å². The van der Waals surface area contributed by atoms with Crippen LogP contribution in [0, 0.1) is 16.7 Å². The van der Waals surface area contributed by atoms with E-state index in [4.69, 9.17) is 28.9 Å². The number of halogens is 2. The molecule has 0 bridgehead atoms. The number of aromatic nitrogens is 2. The van der Waals surface area contributed by atoms with E-state index in [1.54, 1.807) is 12.3 Å². The van der Waals surface area contributed by atoms with Gasteiger partial charge in [-0.05, 0) is 43.2 Å². The molecule has 0 amide bonds. The Kier molecular flexibility index (Phi) is 5.71. The molecule has 2 fully saturated rings. The molecule has 1 saturated heterocycles. The van der Waals surface area contributed by atoms with Crippen molar-refractivity contribution in [2.45, 2.75) is 48.1 Å². The minimum Gasteiger partial charge on any atom is -0.355 e. The Bertz CT molecular complexity index is 921. The fourth-order valence-corrected chi connectivity index (χ4v) is 5.62. The normalized spacial score (nSPS) is 21.1. The Morgan fingerprint density at radius 1 is 1.25 bits per heavy atom. The van der Waals surface area contributed by atoms with Crippen LogP contribution >= 0.6 is 35.0 Å². The summed E-state index contributed by atoms with van der Waals surface area (Å²) in [6, 6.07) is 7.89. The molecule has 28 heavy (non-hydrogen) atoms. The van der Waals surface area contributed by atoms with Crippen LogP contribution in [0.2, 0.25) is 10.0 Å². The maximum atomic E-state index is 9.59. The first-order valence-corrected chi connectivity index (χ1v) is 11.0. The summed E-state index contributed by atoms with van der Waals surface area (Å²) >= 11 is 13.6. The van der Waals surface area contributed by atoms with E-state index < -0.39 is 0 Å². The molecule has 1 aromatic heterocycles. The molecule has 0 radical (unpaired) electrons. The Hall–Kier alpha value is -1.52. The van der Waals surface area contributed by atoms with E-state index in [0.29, 0.717) is 32.2 Å². The molecule has 1 aliphatic heterocycles. The van der Waals surface area contributed by atoms with Crippen molar-refractivity contribution in [3.63, 3.8) is 0 Å². The van der Waals surface area contributed by atoms with Crippen molar-refractivity contribution < 1.29 is 0 Å². The van der Waals surface area contributed by atoms with Crippen LogP contribution in [0.15, 0.2) is 34.3 Å². The molecule has 2 aliphatic rings. The van der Waals surface area contributed by atoms with Gasteiger partial charge in [0.25, 0.3) is 0 Å². The molecule has 146 valence electrons. The fourth-order valence-electron chi connectivity index (χ4n) is 4.30. The molecule has 1 saturated carbocycles. The molecule has 2 aromatic rings. The van der Waals surface area contributed by atoms with E-state index in [1.165, 1.54) is 24.6 Å². The van der Waals surface area contributed by atoms with Crippen molar-refractivity contribution in [3.8, 4) is 6.07 Å². The second kappa shape index (κ2) is 8.08. The zero-order valence-corrected chi connectivity index (χ0v) is 17.7. The average molecular weight is 434 g/mol. The van der Waals surface area contributed by atoms with Crippen LogP contribution in [0.1, 0.15) is 37.8 Å². The highest BCUT2D eigenvalue weighted by molar-refractivity contribution is 7.99. The van der Waals surface area contributed by atoms with Crippen molar-refractivity contribution in [1.82, 2.24) is 9.97 Å². The standard InChI is InChI=1S/C20H21Cl2N5S/c21-13-3-1-4-15(18(13)22)28-19-14(11-23)26-17(12-25-19)27-9-7-20(8-10-27)6-2-5-16(20)24/h1,3-4,12,16H,2,5-10,24H2. The smallest absolute Gasteiger partial charge is 0.175 e. The van der Waals surface area contributed by atoms with E-state index in [2.05, 4.69) is 20.9 Å². The molecule has 2 heterocycles. The largest absolute Gasteiger partial charge is 0.355 e. The van der Waals surface area contributed by atoms with Gasteiger partial charge in [-0.3, -0.25) is 0 Å². The monoisotopic (exact) mass is 433 g/mol. The lowest BCUT2D eigenvalue weighted by atomic mass is 9.74. The number of benzene rings is 1. The molecular weight excluding hydrogens is 413 g/mol. The molecule has 1 aliphatic carbocycles. The predicted molar refractivity (Wildman–Crippen MR) is 113 cm³/mol. The lowest BCUT2D eigenvalue weighted by molar-refractivity contribution is 0.197. The SMILES string of the molecule is N#Cc1nc(N2CCC3(CCCC3N)CC2)cnc1Sc1cccc(Cl)c1Cl. The van der Waals surface area contributed by atoms with Gasteiger partial charge in [0.15, 0.2) is 5.69 Å². The van der Waals surface area contributed by atoms with Gasteiger partial charge in [-0.1, -0.05) is 47.5 Å². The summed E-state index contributed by atoms with van der Waals surface area (Å²) in [6.07, 6.45) is 7.49. The van der Waals surface area contributed by atoms with Crippen molar-refractivity contribution in [1.29, 1.82) is 5.26 Å². The van der Waals surface area contributed by atoms with E-state index in [9.17, 15) is 5.26 Å². The lowest BCUT2D eigenvalue weighted by Gasteiger charge is -2.42. The predicted octanol–water partition coefficient (Wildman–Crippen LogP) is 4.90. The molecule has 1 spiro atoms. The maximum Gasteiger partial charge on any atom is 0.175 e. The van der Waals surface area contributed by atoms with Crippen LogP contribution in [0.5, 0.6) is 0 Å². The number of piperidine rings is 1. The maximum absolute atomic E-state index is 9.59.